The Morgan fingerprint density at radius 1 is 1.07 bits per heavy atom. The van der Waals surface area contributed by atoms with Gasteiger partial charge in [0.05, 0.1) is 7.11 Å². The summed E-state index contributed by atoms with van der Waals surface area (Å²) in [5.41, 5.74) is 2.53. The average Bonchev–Trinajstić information content (AvgIpc) is 3.19. The molecule has 2 aliphatic rings. The predicted molar refractivity (Wildman–Crippen MR) is 105 cm³/mol. The van der Waals surface area contributed by atoms with E-state index in [1.165, 1.54) is 23.1 Å². The molecule has 1 aliphatic heterocycles. The van der Waals surface area contributed by atoms with Crippen LogP contribution in [0.5, 0.6) is 5.75 Å². The van der Waals surface area contributed by atoms with Crippen molar-refractivity contribution in [3.05, 3.63) is 82.8 Å². The third-order valence-corrected chi connectivity index (χ3v) is 5.65. The van der Waals surface area contributed by atoms with E-state index in [9.17, 15) is 13.6 Å². The molecule has 2 heterocycles. The molecule has 1 N–H and O–H groups in total. The Morgan fingerprint density at radius 2 is 1.80 bits per heavy atom. The number of nitrogens with zero attached hydrogens (tertiary/aromatic N) is 3. The summed E-state index contributed by atoms with van der Waals surface area (Å²) in [6, 6.07) is 10.2. The second kappa shape index (κ2) is 7.05. The highest BCUT2D eigenvalue weighted by Crippen LogP contribution is 2.44. The van der Waals surface area contributed by atoms with Crippen molar-refractivity contribution in [2.24, 2.45) is 0 Å². The molecule has 1 aliphatic carbocycles. The van der Waals surface area contributed by atoms with Crippen LogP contribution in [0.15, 0.2) is 60.1 Å². The van der Waals surface area contributed by atoms with Gasteiger partial charge in [-0.15, -0.1) is 0 Å². The lowest BCUT2D eigenvalue weighted by atomic mass is 9.78. The number of aromatic nitrogens is 3. The first-order valence-electron chi connectivity index (χ1n) is 9.56. The third-order valence-electron chi connectivity index (χ3n) is 5.65. The number of benzene rings is 2. The number of allylic oxidation sites excluding steroid dienone is 2. The molecule has 2 aromatic carbocycles. The number of fused-ring (bicyclic) bond motifs is 1. The average molecular weight is 408 g/mol. The number of ketones is 1. The third kappa shape index (κ3) is 3.04. The first kappa shape index (κ1) is 18.5. The summed E-state index contributed by atoms with van der Waals surface area (Å²) in [4.78, 5) is 17.5. The summed E-state index contributed by atoms with van der Waals surface area (Å²) in [7, 11) is 1.60. The number of ether oxygens (including phenoxy) is 1. The summed E-state index contributed by atoms with van der Waals surface area (Å²) in [5, 5.41) is 7.39. The van der Waals surface area contributed by atoms with E-state index in [1.807, 2.05) is 24.3 Å². The summed E-state index contributed by atoms with van der Waals surface area (Å²) >= 11 is 0. The van der Waals surface area contributed by atoms with Gasteiger partial charge in [0, 0.05) is 23.8 Å². The van der Waals surface area contributed by atoms with Crippen LogP contribution in [0, 0.1) is 11.6 Å². The fourth-order valence-electron chi connectivity index (χ4n) is 4.30. The van der Waals surface area contributed by atoms with Gasteiger partial charge >= 0.3 is 0 Å². The molecule has 152 valence electrons. The Hall–Kier alpha value is -3.55. The Balaban J connectivity index is 1.58. The largest absolute Gasteiger partial charge is 0.497 e. The van der Waals surface area contributed by atoms with Crippen LogP contribution < -0.4 is 10.1 Å². The molecule has 0 saturated carbocycles. The zero-order chi connectivity index (χ0) is 20.8. The van der Waals surface area contributed by atoms with Gasteiger partial charge in [0.1, 0.15) is 29.8 Å². The Kier molecular flexibility index (Phi) is 4.34. The van der Waals surface area contributed by atoms with Crippen molar-refractivity contribution in [3.8, 4) is 5.75 Å². The highest BCUT2D eigenvalue weighted by Gasteiger charge is 2.39. The van der Waals surface area contributed by atoms with Gasteiger partial charge in [-0.1, -0.05) is 12.1 Å². The van der Waals surface area contributed by atoms with E-state index >= 15 is 0 Å². The summed E-state index contributed by atoms with van der Waals surface area (Å²) in [6.07, 6.45) is 2.23. The fraction of sp³-hybridized carbons (Fsp3) is 0.227. The number of rotatable bonds is 3. The number of hydrogen-bond acceptors (Lipinski definition) is 5. The molecule has 1 aromatic heterocycles. The number of Topliss-reactive ketones (excluding diaryl/α,β-unsaturated/α-hetero) is 1. The molecule has 0 spiro atoms. The van der Waals surface area contributed by atoms with Crippen LogP contribution >= 0.6 is 0 Å². The molecule has 0 unspecified atom stereocenters. The van der Waals surface area contributed by atoms with Crippen LogP contribution in [0.1, 0.15) is 35.9 Å². The number of methoxy groups -OCH3 is 1. The fourth-order valence-corrected chi connectivity index (χ4v) is 4.30. The SMILES string of the molecule is COc1ccc([C@H]2CC(=O)C3=C(C2)Nc2ncnn2[C@@H]3c2cc(F)cc(F)c2)cc1. The van der Waals surface area contributed by atoms with Crippen molar-refractivity contribution in [3.63, 3.8) is 0 Å². The molecule has 0 amide bonds. The van der Waals surface area contributed by atoms with Crippen LogP contribution in [-0.2, 0) is 4.79 Å². The van der Waals surface area contributed by atoms with E-state index in [4.69, 9.17) is 4.74 Å². The van der Waals surface area contributed by atoms with E-state index in [0.29, 0.717) is 35.6 Å². The van der Waals surface area contributed by atoms with Gasteiger partial charge in [-0.3, -0.25) is 4.79 Å². The Labute approximate surface area is 171 Å². The van der Waals surface area contributed by atoms with Gasteiger partial charge in [0.2, 0.25) is 5.95 Å². The van der Waals surface area contributed by atoms with Crippen molar-refractivity contribution in [1.82, 2.24) is 14.8 Å². The first-order valence-corrected chi connectivity index (χ1v) is 9.56. The number of halogens is 2. The topological polar surface area (TPSA) is 69.0 Å². The van der Waals surface area contributed by atoms with Crippen molar-refractivity contribution < 1.29 is 18.3 Å². The van der Waals surface area contributed by atoms with Crippen molar-refractivity contribution >= 4 is 11.7 Å². The summed E-state index contributed by atoms with van der Waals surface area (Å²) in [6.45, 7) is 0. The quantitative estimate of drug-likeness (QED) is 0.710. The van der Waals surface area contributed by atoms with Gasteiger partial charge in [-0.05, 0) is 47.7 Å². The maximum absolute atomic E-state index is 13.9. The lowest BCUT2D eigenvalue weighted by molar-refractivity contribution is -0.116. The molecule has 0 bridgehead atoms. The number of carbonyl (C=O) groups is 1. The van der Waals surface area contributed by atoms with Gasteiger partial charge < -0.3 is 10.1 Å². The minimum atomic E-state index is -0.728. The molecule has 30 heavy (non-hydrogen) atoms. The van der Waals surface area contributed by atoms with E-state index in [1.54, 1.807) is 7.11 Å². The molecule has 0 saturated heterocycles. The first-order chi connectivity index (χ1) is 14.5. The molecule has 2 atom stereocenters. The van der Waals surface area contributed by atoms with Crippen molar-refractivity contribution in [2.45, 2.75) is 24.8 Å². The van der Waals surface area contributed by atoms with E-state index in [0.717, 1.165) is 17.4 Å². The molecule has 0 radical (unpaired) electrons. The van der Waals surface area contributed by atoms with Gasteiger partial charge in [0.15, 0.2) is 5.78 Å². The highest BCUT2D eigenvalue weighted by molar-refractivity contribution is 6.00. The standard InChI is InChI=1S/C22H18F2N4O2/c1-30-17-4-2-12(3-5-17)13-8-18-20(19(29)9-13)21(28-22(27-18)25-11-26-28)14-6-15(23)10-16(24)7-14/h2-7,10-11,13,21H,8-9H2,1H3,(H,25,26,27)/t13-,21-/m1/s1. The molecule has 0 fully saturated rings. The van der Waals surface area contributed by atoms with E-state index in [2.05, 4.69) is 15.4 Å². The summed E-state index contributed by atoms with van der Waals surface area (Å²) in [5.74, 6) is -0.322. The van der Waals surface area contributed by atoms with Crippen LogP contribution in [0.3, 0.4) is 0 Å². The lowest BCUT2D eigenvalue weighted by Gasteiger charge is -2.35. The monoisotopic (exact) mass is 408 g/mol. The highest BCUT2D eigenvalue weighted by atomic mass is 19.1. The number of nitrogens with one attached hydrogen (secondary N) is 1. The number of carbonyl (C=O) groups excluding carboxylic acids is 1. The number of hydrogen-bond donors (Lipinski definition) is 1. The van der Waals surface area contributed by atoms with Crippen molar-refractivity contribution in [2.75, 3.05) is 12.4 Å². The van der Waals surface area contributed by atoms with E-state index < -0.39 is 17.7 Å². The molecular formula is C22H18F2N4O2. The van der Waals surface area contributed by atoms with Gasteiger partial charge in [0.25, 0.3) is 0 Å². The lowest BCUT2D eigenvalue weighted by Crippen LogP contribution is -2.33. The zero-order valence-corrected chi connectivity index (χ0v) is 16.1. The van der Waals surface area contributed by atoms with Crippen LogP contribution in [0.25, 0.3) is 0 Å². The zero-order valence-electron chi connectivity index (χ0n) is 16.1. The smallest absolute Gasteiger partial charge is 0.226 e. The maximum atomic E-state index is 13.9. The van der Waals surface area contributed by atoms with Crippen LogP contribution in [0.2, 0.25) is 0 Å². The van der Waals surface area contributed by atoms with Gasteiger partial charge in [-0.25, -0.2) is 13.5 Å². The molecular weight excluding hydrogens is 390 g/mol. The van der Waals surface area contributed by atoms with Crippen LogP contribution in [-0.4, -0.2) is 27.7 Å². The van der Waals surface area contributed by atoms with Crippen LogP contribution in [0.4, 0.5) is 14.7 Å². The summed E-state index contributed by atoms with van der Waals surface area (Å²) < 4.78 is 34.6. The molecule has 3 aromatic rings. The van der Waals surface area contributed by atoms with E-state index in [-0.39, 0.29) is 11.7 Å². The minimum absolute atomic E-state index is 0.0194. The Bertz CT molecular complexity index is 1150. The molecule has 8 heteroatoms. The minimum Gasteiger partial charge on any atom is -0.497 e. The predicted octanol–water partition coefficient (Wildman–Crippen LogP) is 3.98. The maximum Gasteiger partial charge on any atom is 0.226 e. The molecule has 6 nitrogen and oxygen atoms in total. The Morgan fingerprint density at radius 3 is 2.50 bits per heavy atom. The second-order valence-electron chi connectivity index (χ2n) is 7.45. The second-order valence-corrected chi connectivity index (χ2v) is 7.45. The normalized spacial score (nSPS) is 20.4. The molecule has 5 rings (SSSR count). The number of anilines is 1. The van der Waals surface area contributed by atoms with Gasteiger partial charge in [-0.2, -0.15) is 10.1 Å². The van der Waals surface area contributed by atoms with Crippen molar-refractivity contribution in [1.29, 1.82) is 0 Å².